The van der Waals surface area contributed by atoms with Crippen LogP contribution in [0.1, 0.15) is 44.2 Å². The van der Waals surface area contributed by atoms with Crippen molar-refractivity contribution in [3.63, 3.8) is 0 Å². The molecule has 2 aliphatic carbocycles. The monoisotopic (exact) mass is 260 g/mol. The lowest BCUT2D eigenvalue weighted by Gasteiger charge is -2.19. The zero-order valence-corrected chi connectivity index (χ0v) is 11.9. The van der Waals surface area contributed by atoms with Crippen LogP contribution in [0.15, 0.2) is 18.5 Å². The molecule has 104 valence electrons. The molecule has 0 amide bonds. The van der Waals surface area contributed by atoms with E-state index in [2.05, 4.69) is 30.3 Å². The van der Waals surface area contributed by atoms with Gasteiger partial charge in [-0.3, -0.25) is 4.98 Å². The highest BCUT2D eigenvalue weighted by Gasteiger charge is 2.55. The molecule has 1 aromatic heterocycles. The van der Waals surface area contributed by atoms with E-state index in [1.807, 2.05) is 12.4 Å². The Morgan fingerprint density at radius 2 is 2.16 bits per heavy atom. The summed E-state index contributed by atoms with van der Waals surface area (Å²) in [7, 11) is 2.07. The van der Waals surface area contributed by atoms with E-state index in [0.717, 1.165) is 36.5 Å². The minimum absolute atomic E-state index is 0.452. The zero-order valence-electron chi connectivity index (χ0n) is 11.9. The van der Waals surface area contributed by atoms with Crippen molar-refractivity contribution in [1.29, 1.82) is 0 Å². The fourth-order valence-electron chi connectivity index (χ4n) is 3.86. The molecular weight excluding hydrogens is 236 g/mol. The fraction of sp³-hybridized carbons (Fsp3) is 0.688. The molecule has 0 spiro atoms. The van der Waals surface area contributed by atoms with Gasteiger partial charge in [-0.25, -0.2) is 0 Å². The molecule has 0 radical (unpaired) electrons. The van der Waals surface area contributed by atoms with Crippen LogP contribution in [0.3, 0.4) is 0 Å². The summed E-state index contributed by atoms with van der Waals surface area (Å²) >= 11 is 0. The van der Waals surface area contributed by atoms with Crippen LogP contribution in [0.5, 0.6) is 5.75 Å². The van der Waals surface area contributed by atoms with Crippen LogP contribution >= 0.6 is 0 Å². The Morgan fingerprint density at radius 1 is 1.37 bits per heavy atom. The first-order chi connectivity index (χ1) is 9.35. The first-order valence-electron chi connectivity index (χ1n) is 7.60. The Morgan fingerprint density at radius 3 is 2.84 bits per heavy atom. The van der Waals surface area contributed by atoms with Crippen molar-refractivity contribution >= 4 is 0 Å². The molecule has 2 fully saturated rings. The average Bonchev–Trinajstić information content (AvgIpc) is 2.90. The summed E-state index contributed by atoms with van der Waals surface area (Å²) in [6.45, 7) is 2.89. The second kappa shape index (κ2) is 5.49. The van der Waals surface area contributed by atoms with Crippen LogP contribution in [-0.2, 0) is 0 Å². The van der Waals surface area contributed by atoms with Gasteiger partial charge < -0.3 is 10.1 Å². The van der Waals surface area contributed by atoms with E-state index >= 15 is 0 Å². The Labute approximate surface area is 115 Å². The standard InChI is InChI=1S/C16H24N2O/c1-3-7-19-12-8-11(9-18-10-12)16(17-2)15-13-5-4-6-14(13)15/h8-10,13-17H,3-7H2,1-2H3. The van der Waals surface area contributed by atoms with Gasteiger partial charge in [-0.05, 0) is 55.7 Å². The highest BCUT2D eigenvalue weighted by Crippen LogP contribution is 2.62. The van der Waals surface area contributed by atoms with Crippen molar-refractivity contribution in [1.82, 2.24) is 10.3 Å². The zero-order chi connectivity index (χ0) is 13.2. The SMILES string of the molecule is CCCOc1cncc(C(NC)C2C3CCCC32)c1. The van der Waals surface area contributed by atoms with Crippen LogP contribution in [0.2, 0.25) is 0 Å². The molecule has 0 aromatic carbocycles. The maximum absolute atomic E-state index is 5.69. The van der Waals surface area contributed by atoms with Crippen LogP contribution in [-0.4, -0.2) is 18.6 Å². The molecule has 2 aliphatic rings. The topological polar surface area (TPSA) is 34.1 Å². The summed E-state index contributed by atoms with van der Waals surface area (Å²) in [5.41, 5.74) is 1.29. The van der Waals surface area contributed by atoms with E-state index in [0.29, 0.717) is 6.04 Å². The maximum atomic E-state index is 5.69. The average molecular weight is 260 g/mol. The Bertz CT molecular complexity index is 425. The molecule has 2 saturated carbocycles. The molecular formula is C16H24N2O. The summed E-state index contributed by atoms with van der Waals surface area (Å²) < 4.78 is 5.69. The molecule has 19 heavy (non-hydrogen) atoms. The van der Waals surface area contributed by atoms with E-state index in [1.165, 1.54) is 24.8 Å². The lowest BCUT2D eigenvalue weighted by molar-refractivity contribution is 0.315. The van der Waals surface area contributed by atoms with E-state index < -0.39 is 0 Å². The summed E-state index contributed by atoms with van der Waals surface area (Å²) in [5, 5.41) is 3.50. The van der Waals surface area contributed by atoms with Gasteiger partial charge in [-0.1, -0.05) is 13.3 Å². The fourth-order valence-corrected chi connectivity index (χ4v) is 3.86. The van der Waals surface area contributed by atoms with Gasteiger partial charge in [-0.2, -0.15) is 0 Å². The highest BCUT2D eigenvalue weighted by molar-refractivity contribution is 5.28. The van der Waals surface area contributed by atoms with Crippen molar-refractivity contribution in [2.24, 2.45) is 17.8 Å². The van der Waals surface area contributed by atoms with Crippen molar-refractivity contribution < 1.29 is 4.74 Å². The number of aromatic nitrogens is 1. The molecule has 3 atom stereocenters. The summed E-state index contributed by atoms with van der Waals surface area (Å²) in [6.07, 6.45) is 9.13. The molecule has 0 saturated heterocycles. The largest absolute Gasteiger partial charge is 0.492 e. The molecule has 1 heterocycles. The van der Waals surface area contributed by atoms with Gasteiger partial charge in [0.1, 0.15) is 5.75 Å². The minimum atomic E-state index is 0.452. The molecule has 3 rings (SSSR count). The molecule has 0 bridgehead atoms. The smallest absolute Gasteiger partial charge is 0.137 e. The van der Waals surface area contributed by atoms with E-state index in [-0.39, 0.29) is 0 Å². The Kier molecular flexibility index (Phi) is 3.74. The number of ether oxygens (including phenoxy) is 1. The third-order valence-corrected chi connectivity index (χ3v) is 4.73. The molecule has 1 aromatic rings. The highest BCUT2D eigenvalue weighted by atomic mass is 16.5. The second-order valence-electron chi connectivity index (χ2n) is 5.90. The third-order valence-electron chi connectivity index (χ3n) is 4.73. The Hall–Kier alpha value is -1.09. The van der Waals surface area contributed by atoms with E-state index in [9.17, 15) is 0 Å². The van der Waals surface area contributed by atoms with Crippen molar-refractivity contribution in [2.45, 2.75) is 38.6 Å². The van der Waals surface area contributed by atoms with Gasteiger partial charge >= 0.3 is 0 Å². The summed E-state index contributed by atoms with van der Waals surface area (Å²) in [5.74, 6) is 3.64. The molecule has 1 N–H and O–H groups in total. The quantitative estimate of drug-likeness (QED) is 0.853. The first kappa shape index (κ1) is 12.9. The number of rotatable bonds is 6. The van der Waals surface area contributed by atoms with Crippen LogP contribution in [0.25, 0.3) is 0 Å². The number of pyridine rings is 1. The number of nitrogens with zero attached hydrogens (tertiary/aromatic N) is 1. The van der Waals surface area contributed by atoms with Gasteiger partial charge in [0.15, 0.2) is 0 Å². The van der Waals surface area contributed by atoms with Crippen LogP contribution in [0, 0.1) is 17.8 Å². The third kappa shape index (κ3) is 2.48. The van der Waals surface area contributed by atoms with Gasteiger partial charge in [0.05, 0.1) is 12.8 Å². The summed E-state index contributed by atoms with van der Waals surface area (Å²) in [6, 6.07) is 2.62. The van der Waals surface area contributed by atoms with E-state index in [1.54, 1.807) is 0 Å². The number of hydrogen-bond donors (Lipinski definition) is 1. The lowest BCUT2D eigenvalue weighted by atomic mass is 9.98. The van der Waals surface area contributed by atoms with Crippen molar-refractivity contribution in [3.8, 4) is 5.75 Å². The summed E-state index contributed by atoms with van der Waals surface area (Å²) in [4.78, 5) is 4.35. The number of fused-ring (bicyclic) bond motifs is 1. The molecule has 0 aliphatic heterocycles. The number of hydrogen-bond acceptors (Lipinski definition) is 3. The lowest BCUT2D eigenvalue weighted by Crippen LogP contribution is -2.20. The second-order valence-corrected chi connectivity index (χ2v) is 5.90. The first-order valence-corrected chi connectivity index (χ1v) is 7.60. The van der Waals surface area contributed by atoms with Crippen molar-refractivity contribution in [2.75, 3.05) is 13.7 Å². The van der Waals surface area contributed by atoms with Crippen LogP contribution < -0.4 is 10.1 Å². The number of nitrogens with one attached hydrogen (secondary N) is 1. The normalized spacial score (nSPS) is 29.9. The van der Waals surface area contributed by atoms with E-state index in [4.69, 9.17) is 4.74 Å². The van der Waals surface area contributed by atoms with Crippen molar-refractivity contribution in [3.05, 3.63) is 24.0 Å². The Balaban J connectivity index is 1.72. The molecule has 3 nitrogen and oxygen atoms in total. The van der Waals surface area contributed by atoms with Crippen LogP contribution in [0.4, 0.5) is 0 Å². The van der Waals surface area contributed by atoms with Gasteiger partial charge in [0.25, 0.3) is 0 Å². The van der Waals surface area contributed by atoms with Gasteiger partial charge in [0, 0.05) is 12.2 Å². The molecule has 3 unspecified atom stereocenters. The van der Waals surface area contributed by atoms with Gasteiger partial charge in [0.2, 0.25) is 0 Å². The maximum Gasteiger partial charge on any atom is 0.137 e. The minimum Gasteiger partial charge on any atom is -0.492 e. The van der Waals surface area contributed by atoms with Gasteiger partial charge in [-0.15, -0.1) is 0 Å². The predicted molar refractivity (Wildman–Crippen MR) is 76.1 cm³/mol. The predicted octanol–water partition coefficient (Wildman–Crippen LogP) is 3.18. The molecule has 3 heteroatoms.